The molecule has 0 atom stereocenters. The zero-order chi connectivity index (χ0) is 20.0. The third kappa shape index (κ3) is 3.48. The van der Waals surface area contributed by atoms with Crippen molar-refractivity contribution < 1.29 is 9.90 Å². The van der Waals surface area contributed by atoms with Crippen molar-refractivity contribution in [3.05, 3.63) is 51.5 Å². The zero-order valence-electron chi connectivity index (χ0n) is 16.0. The molecule has 1 aromatic heterocycles. The van der Waals surface area contributed by atoms with Gasteiger partial charge < -0.3 is 15.3 Å². The summed E-state index contributed by atoms with van der Waals surface area (Å²) in [4.78, 5) is 15.0. The first kappa shape index (κ1) is 18.5. The fourth-order valence-corrected chi connectivity index (χ4v) is 4.86. The van der Waals surface area contributed by atoms with E-state index in [1.165, 1.54) is 19.3 Å². The van der Waals surface area contributed by atoms with Gasteiger partial charge in [-0.25, -0.2) is 0 Å². The quantitative estimate of drug-likeness (QED) is 0.523. The molecule has 3 N–H and O–H groups in total. The van der Waals surface area contributed by atoms with Crippen molar-refractivity contribution in [3.63, 3.8) is 0 Å². The molecule has 1 fully saturated rings. The molecule has 6 nitrogen and oxygen atoms in total. The number of phenols is 1. The first-order valence-corrected chi connectivity index (χ1v) is 10.9. The van der Waals surface area contributed by atoms with Gasteiger partial charge >= 0.3 is 0 Å². The Kier molecular flexibility index (Phi) is 4.70. The summed E-state index contributed by atoms with van der Waals surface area (Å²) in [5.41, 5.74) is 3.32. The summed E-state index contributed by atoms with van der Waals surface area (Å²) in [5.74, 6) is 0.573. The van der Waals surface area contributed by atoms with Crippen molar-refractivity contribution in [2.75, 3.05) is 5.32 Å². The number of amides is 1. The Hall–Kier alpha value is -2.54. The standard InChI is InChI=1S/C22H23BrN4O2/c23-15-7-6-13-11-27(12-14(13)8-15)22(29)18-9-17-19(10-20(18)28)25-26-21(17)24-16-4-2-1-3-5-16/h6-10,16,28H,1-5,11-12H2,(H2,24,25,26). The first-order valence-electron chi connectivity index (χ1n) is 10.1. The van der Waals surface area contributed by atoms with E-state index in [9.17, 15) is 9.90 Å². The molecule has 1 amide bonds. The highest BCUT2D eigenvalue weighted by Gasteiger charge is 2.27. The molecule has 2 aromatic carbocycles. The minimum Gasteiger partial charge on any atom is -0.507 e. The monoisotopic (exact) mass is 454 g/mol. The fourth-order valence-electron chi connectivity index (χ4n) is 4.45. The Morgan fingerprint density at radius 1 is 1.14 bits per heavy atom. The smallest absolute Gasteiger partial charge is 0.258 e. The second kappa shape index (κ2) is 7.37. The maximum atomic E-state index is 13.2. The summed E-state index contributed by atoms with van der Waals surface area (Å²) in [5, 5.41) is 22.2. The van der Waals surface area contributed by atoms with Gasteiger partial charge in [-0.05, 0) is 42.2 Å². The Labute approximate surface area is 177 Å². The number of nitrogens with one attached hydrogen (secondary N) is 2. The van der Waals surface area contributed by atoms with Gasteiger partial charge in [-0.3, -0.25) is 9.89 Å². The highest BCUT2D eigenvalue weighted by atomic mass is 79.9. The lowest BCUT2D eigenvalue weighted by molar-refractivity contribution is 0.0748. The molecule has 150 valence electrons. The lowest BCUT2D eigenvalue weighted by Gasteiger charge is -2.22. The molecule has 3 aromatic rings. The number of aromatic nitrogens is 2. The predicted molar refractivity (Wildman–Crippen MR) is 116 cm³/mol. The Bertz CT molecular complexity index is 1090. The average Bonchev–Trinajstić information content (AvgIpc) is 3.31. The van der Waals surface area contributed by atoms with E-state index in [-0.39, 0.29) is 11.7 Å². The van der Waals surface area contributed by atoms with Crippen molar-refractivity contribution in [3.8, 4) is 5.75 Å². The van der Waals surface area contributed by atoms with Gasteiger partial charge in [0, 0.05) is 35.1 Å². The molecule has 0 saturated heterocycles. The van der Waals surface area contributed by atoms with Gasteiger partial charge in [0.25, 0.3) is 5.91 Å². The van der Waals surface area contributed by atoms with E-state index in [4.69, 9.17) is 0 Å². The van der Waals surface area contributed by atoms with Crippen LogP contribution in [0.4, 0.5) is 5.82 Å². The first-order chi connectivity index (χ1) is 14.1. The molecule has 0 radical (unpaired) electrons. The Morgan fingerprint density at radius 2 is 1.93 bits per heavy atom. The number of rotatable bonds is 3. The number of nitrogens with zero attached hydrogens (tertiary/aromatic N) is 2. The maximum absolute atomic E-state index is 13.2. The number of hydrogen-bond donors (Lipinski definition) is 3. The van der Waals surface area contributed by atoms with Crippen LogP contribution < -0.4 is 5.32 Å². The lowest BCUT2D eigenvalue weighted by Crippen LogP contribution is -2.25. The van der Waals surface area contributed by atoms with E-state index in [0.29, 0.717) is 24.7 Å². The minimum atomic E-state index is -0.165. The molecule has 0 unspecified atom stereocenters. The van der Waals surface area contributed by atoms with Crippen LogP contribution in [-0.4, -0.2) is 32.2 Å². The zero-order valence-corrected chi connectivity index (χ0v) is 17.6. The number of benzene rings is 2. The molecule has 2 aliphatic rings. The number of phenolic OH excluding ortho intramolecular Hbond substituents is 1. The summed E-state index contributed by atoms with van der Waals surface area (Å²) < 4.78 is 1.01. The van der Waals surface area contributed by atoms with Crippen molar-refractivity contribution in [1.82, 2.24) is 15.1 Å². The molecule has 5 rings (SSSR count). The van der Waals surface area contributed by atoms with Gasteiger partial charge in [0.05, 0.1) is 11.1 Å². The van der Waals surface area contributed by atoms with Gasteiger partial charge in [0.15, 0.2) is 5.82 Å². The van der Waals surface area contributed by atoms with Crippen molar-refractivity contribution >= 4 is 38.6 Å². The third-order valence-corrected chi connectivity index (χ3v) is 6.53. The molecular formula is C22H23BrN4O2. The highest BCUT2D eigenvalue weighted by Crippen LogP contribution is 2.33. The highest BCUT2D eigenvalue weighted by molar-refractivity contribution is 9.10. The number of aromatic hydroxyl groups is 1. The van der Waals surface area contributed by atoms with Crippen LogP contribution in [0.15, 0.2) is 34.8 Å². The molecule has 7 heteroatoms. The Balaban J connectivity index is 1.43. The van der Waals surface area contributed by atoms with E-state index in [1.54, 1.807) is 17.0 Å². The Morgan fingerprint density at radius 3 is 2.76 bits per heavy atom. The number of hydrogen-bond acceptors (Lipinski definition) is 4. The third-order valence-electron chi connectivity index (χ3n) is 6.03. The average molecular weight is 455 g/mol. The molecule has 2 heterocycles. The lowest BCUT2D eigenvalue weighted by atomic mass is 9.95. The van der Waals surface area contributed by atoms with E-state index < -0.39 is 0 Å². The number of aromatic amines is 1. The summed E-state index contributed by atoms with van der Waals surface area (Å²) in [6, 6.07) is 9.86. The minimum absolute atomic E-state index is 0.0208. The van der Waals surface area contributed by atoms with Crippen LogP contribution in [0.5, 0.6) is 5.75 Å². The van der Waals surface area contributed by atoms with Crippen LogP contribution in [-0.2, 0) is 13.1 Å². The summed E-state index contributed by atoms with van der Waals surface area (Å²) in [7, 11) is 0. The van der Waals surface area contributed by atoms with Gasteiger partial charge in [0.2, 0.25) is 0 Å². The predicted octanol–water partition coefficient (Wildman–Crippen LogP) is 4.93. The van der Waals surface area contributed by atoms with Gasteiger partial charge in [-0.1, -0.05) is 41.3 Å². The fraction of sp³-hybridized carbons (Fsp3) is 0.364. The van der Waals surface area contributed by atoms with E-state index in [0.717, 1.165) is 45.2 Å². The van der Waals surface area contributed by atoms with E-state index in [2.05, 4.69) is 31.4 Å². The van der Waals surface area contributed by atoms with Crippen LogP contribution in [0, 0.1) is 0 Å². The summed E-state index contributed by atoms with van der Waals surface area (Å²) >= 11 is 3.49. The normalized spacial score (nSPS) is 16.9. The number of carbonyl (C=O) groups excluding carboxylic acids is 1. The van der Waals surface area contributed by atoms with Crippen LogP contribution in [0.1, 0.15) is 53.6 Å². The van der Waals surface area contributed by atoms with Crippen LogP contribution >= 0.6 is 15.9 Å². The second-order valence-corrected chi connectivity index (χ2v) is 8.96. The van der Waals surface area contributed by atoms with Gasteiger partial charge in [-0.15, -0.1) is 0 Å². The van der Waals surface area contributed by atoms with Gasteiger partial charge in [-0.2, -0.15) is 5.10 Å². The number of H-pyrrole nitrogens is 1. The SMILES string of the molecule is O=C(c1cc2c(NC3CCCCC3)n[nH]c2cc1O)N1Cc2ccc(Br)cc2C1. The van der Waals surface area contributed by atoms with E-state index >= 15 is 0 Å². The van der Waals surface area contributed by atoms with Crippen LogP contribution in [0.25, 0.3) is 10.9 Å². The summed E-state index contributed by atoms with van der Waals surface area (Å²) in [6.07, 6.45) is 6.03. The van der Waals surface area contributed by atoms with Crippen LogP contribution in [0.3, 0.4) is 0 Å². The maximum Gasteiger partial charge on any atom is 0.258 e. The number of halogens is 1. The van der Waals surface area contributed by atoms with E-state index in [1.807, 2.05) is 18.2 Å². The molecule has 0 bridgehead atoms. The molecule has 1 aliphatic heterocycles. The second-order valence-electron chi connectivity index (χ2n) is 8.04. The van der Waals surface area contributed by atoms with Crippen LogP contribution in [0.2, 0.25) is 0 Å². The topological polar surface area (TPSA) is 81.2 Å². The molecular weight excluding hydrogens is 432 g/mol. The van der Waals surface area contributed by atoms with Crippen molar-refractivity contribution in [1.29, 1.82) is 0 Å². The molecule has 1 aliphatic carbocycles. The van der Waals surface area contributed by atoms with Crippen molar-refractivity contribution in [2.24, 2.45) is 0 Å². The molecule has 1 saturated carbocycles. The molecule has 29 heavy (non-hydrogen) atoms. The van der Waals surface area contributed by atoms with Gasteiger partial charge in [0.1, 0.15) is 5.75 Å². The number of carbonyl (C=O) groups is 1. The van der Waals surface area contributed by atoms with Crippen molar-refractivity contribution in [2.45, 2.75) is 51.2 Å². The summed E-state index contributed by atoms with van der Waals surface area (Å²) in [6.45, 7) is 1.10. The largest absolute Gasteiger partial charge is 0.507 e. The number of anilines is 1. The number of fused-ring (bicyclic) bond motifs is 2. The molecule has 0 spiro atoms.